The molecule has 140 valence electrons. The maximum atomic E-state index is 9.16. The van der Waals surface area contributed by atoms with Gasteiger partial charge in [-0.1, -0.05) is 0 Å². The number of aliphatic hydroxyl groups is 4. The Bertz CT molecular complexity index is 356. The first-order valence-electron chi connectivity index (χ1n) is 7.33. The molecule has 4 aliphatic rings. The van der Waals surface area contributed by atoms with E-state index in [-0.39, 0.29) is 50.8 Å². The largest absolute Gasteiger partial charge is 0.388 e. The molecule has 8 atom stereocenters. The van der Waals surface area contributed by atoms with E-state index in [0.29, 0.717) is 0 Å². The van der Waals surface area contributed by atoms with Gasteiger partial charge in [-0.05, 0) is 0 Å². The lowest BCUT2D eigenvalue weighted by Gasteiger charge is -2.09. The monoisotopic (exact) mass is 355 g/mol. The highest BCUT2D eigenvalue weighted by Crippen LogP contribution is 2.27. The molecule has 0 aromatic carbocycles. The Kier molecular flexibility index (Phi) is 6.65. The zero-order chi connectivity index (χ0) is 17.9. The Morgan fingerprint density at radius 3 is 1.00 bits per heavy atom. The fraction of sp³-hybridized carbons (Fsp3) is 1.00. The minimum atomic E-state index is -1.50. The van der Waals surface area contributed by atoms with E-state index in [2.05, 4.69) is 0 Å². The number of rotatable bonds is 0. The zero-order valence-electron chi connectivity index (χ0n) is 12.6. The second-order valence-electron chi connectivity index (χ2n) is 5.70. The number of hydrogen-bond donors (Lipinski definition) is 5. The lowest BCUT2D eigenvalue weighted by molar-refractivity contribution is -0.742. The number of nitrogens with zero attached hydrogens (tertiary/aromatic N) is 1. The van der Waals surface area contributed by atoms with E-state index in [1.165, 1.54) is 0 Å². The predicted octanol–water partition coefficient (Wildman–Crippen LogP) is -3.34. The number of hydrogen-bond acceptors (Lipinski definition) is 10. The Morgan fingerprint density at radius 2 is 0.833 bits per heavy atom. The molecule has 0 aromatic heterocycles. The van der Waals surface area contributed by atoms with E-state index in [0.717, 1.165) is 0 Å². The molecule has 0 amide bonds. The number of aliphatic hydroxyl groups excluding tert-OH is 4. The van der Waals surface area contributed by atoms with Gasteiger partial charge in [-0.15, -0.1) is 10.1 Å². The van der Waals surface area contributed by atoms with Crippen molar-refractivity contribution < 1.29 is 49.7 Å². The second-order valence-corrected chi connectivity index (χ2v) is 5.70. The van der Waals surface area contributed by atoms with E-state index < -0.39 is 29.5 Å². The number of ether oxygens (including phenoxy) is 4. The molecule has 5 N–H and O–H groups in total. The quantitative estimate of drug-likeness (QED) is 0.216. The Hall–Kier alpha value is -1.12. The molecular formula is C12H21NO11. The van der Waals surface area contributed by atoms with Crippen LogP contribution < -0.4 is 0 Å². The Balaban J connectivity index is 0.000000143. The van der Waals surface area contributed by atoms with Gasteiger partial charge in [-0.25, -0.2) is 0 Å². The molecule has 0 unspecified atom stereocenters. The molecule has 0 saturated carbocycles. The molecule has 4 aliphatic heterocycles. The van der Waals surface area contributed by atoms with Crippen LogP contribution in [0.15, 0.2) is 0 Å². The minimum Gasteiger partial charge on any atom is -0.388 e. The van der Waals surface area contributed by atoms with Crippen LogP contribution in [0.3, 0.4) is 0 Å². The van der Waals surface area contributed by atoms with Crippen molar-refractivity contribution in [2.45, 2.75) is 48.8 Å². The molecule has 12 heteroatoms. The fourth-order valence-electron chi connectivity index (χ4n) is 2.92. The van der Waals surface area contributed by atoms with Crippen LogP contribution in [0.5, 0.6) is 0 Å². The predicted molar refractivity (Wildman–Crippen MR) is 71.8 cm³/mol. The van der Waals surface area contributed by atoms with Crippen molar-refractivity contribution in [3.8, 4) is 0 Å². The Labute approximate surface area is 136 Å². The van der Waals surface area contributed by atoms with Crippen LogP contribution in [0.25, 0.3) is 0 Å². The molecule has 0 aromatic rings. The summed E-state index contributed by atoms with van der Waals surface area (Å²) in [6, 6.07) is 0. The van der Waals surface area contributed by atoms with Crippen molar-refractivity contribution in [1.82, 2.24) is 0 Å². The summed E-state index contributed by atoms with van der Waals surface area (Å²) in [5.74, 6) is 0. The molecular weight excluding hydrogens is 334 g/mol. The first-order valence-corrected chi connectivity index (χ1v) is 7.33. The fourth-order valence-corrected chi connectivity index (χ4v) is 2.92. The minimum absolute atomic E-state index is 0.284. The highest BCUT2D eigenvalue weighted by atomic mass is 16.9. The highest BCUT2D eigenvalue weighted by Gasteiger charge is 2.47. The summed E-state index contributed by atoms with van der Waals surface area (Å²) in [6.45, 7) is 1.14. The van der Waals surface area contributed by atoms with Crippen LogP contribution in [-0.2, 0) is 18.9 Å². The van der Waals surface area contributed by atoms with Gasteiger partial charge in [0, 0.05) is 0 Å². The summed E-state index contributed by atoms with van der Waals surface area (Å²) in [6.07, 6.45) is -3.40. The van der Waals surface area contributed by atoms with Crippen LogP contribution in [0.1, 0.15) is 0 Å². The summed E-state index contributed by atoms with van der Waals surface area (Å²) >= 11 is 0. The second kappa shape index (κ2) is 8.31. The van der Waals surface area contributed by atoms with E-state index >= 15 is 0 Å². The molecule has 4 heterocycles. The molecule has 4 rings (SSSR count). The van der Waals surface area contributed by atoms with Gasteiger partial charge >= 0.3 is 0 Å². The summed E-state index contributed by atoms with van der Waals surface area (Å²) in [5, 5.41) is 50.3. The molecule has 0 radical (unpaired) electrons. The van der Waals surface area contributed by atoms with Gasteiger partial charge in [-0.2, -0.15) is 0 Å². The first-order chi connectivity index (χ1) is 11.3. The van der Waals surface area contributed by atoms with Gasteiger partial charge < -0.3 is 44.6 Å². The van der Waals surface area contributed by atoms with Gasteiger partial charge in [0.05, 0.1) is 26.4 Å². The summed E-state index contributed by atoms with van der Waals surface area (Å²) in [7, 11) is 0. The van der Waals surface area contributed by atoms with Crippen molar-refractivity contribution in [3.63, 3.8) is 0 Å². The van der Waals surface area contributed by atoms with Crippen molar-refractivity contribution >= 4 is 0 Å². The maximum absolute atomic E-state index is 9.16. The van der Waals surface area contributed by atoms with Gasteiger partial charge in [0.1, 0.15) is 48.8 Å². The molecule has 24 heavy (non-hydrogen) atoms. The smallest absolute Gasteiger partial charge is 0.291 e. The molecule has 0 bridgehead atoms. The zero-order valence-corrected chi connectivity index (χ0v) is 12.6. The molecule has 4 saturated heterocycles. The van der Waals surface area contributed by atoms with Crippen LogP contribution >= 0.6 is 0 Å². The first kappa shape index (κ1) is 19.2. The molecule has 12 nitrogen and oxygen atoms in total. The average molecular weight is 355 g/mol. The maximum Gasteiger partial charge on any atom is 0.291 e. The molecule has 0 aliphatic carbocycles. The van der Waals surface area contributed by atoms with Crippen LogP contribution in [-0.4, -0.2) is 106 Å². The Morgan fingerprint density at radius 1 is 0.667 bits per heavy atom. The normalized spacial score (nSPS) is 45.5. The summed E-state index contributed by atoms with van der Waals surface area (Å²) < 4.78 is 20.3. The molecule has 4 fully saturated rings. The summed E-state index contributed by atoms with van der Waals surface area (Å²) in [5.41, 5.74) is 0. The lowest BCUT2D eigenvalue weighted by atomic mass is 10.1. The van der Waals surface area contributed by atoms with Gasteiger partial charge in [0.25, 0.3) is 5.09 Å². The van der Waals surface area contributed by atoms with Crippen LogP contribution in [0.2, 0.25) is 0 Å². The van der Waals surface area contributed by atoms with E-state index in [4.69, 9.17) is 54.7 Å². The third-order valence-electron chi connectivity index (χ3n) is 4.00. The van der Waals surface area contributed by atoms with E-state index in [1.807, 2.05) is 0 Å². The van der Waals surface area contributed by atoms with Crippen molar-refractivity contribution in [3.05, 3.63) is 10.1 Å². The third-order valence-corrected chi connectivity index (χ3v) is 4.00. The average Bonchev–Trinajstić information content (AvgIpc) is 3.22. The lowest BCUT2D eigenvalue weighted by Crippen LogP contribution is -2.30. The van der Waals surface area contributed by atoms with Crippen molar-refractivity contribution in [2.75, 3.05) is 26.4 Å². The van der Waals surface area contributed by atoms with Crippen LogP contribution in [0.4, 0.5) is 0 Å². The van der Waals surface area contributed by atoms with E-state index in [1.54, 1.807) is 0 Å². The third kappa shape index (κ3) is 4.49. The summed E-state index contributed by atoms with van der Waals surface area (Å²) in [4.78, 5) is 8.36. The topological polar surface area (TPSA) is 181 Å². The van der Waals surface area contributed by atoms with Crippen LogP contribution in [0, 0.1) is 10.1 Å². The molecule has 0 spiro atoms. The highest BCUT2D eigenvalue weighted by molar-refractivity contribution is 4.94. The van der Waals surface area contributed by atoms with Gasteiger partial charge in [0.15, 0.2) is 0 Å². The van der Waals surface area contributed by atoms with Crippen molar-refractivity contribution in [1.29, 1.82) is 0 Å². The van der Waals surface area contributed by atoms with Gasteiger partial charge in [0.2, 0.25) is 0 Å². The van der Waals surface area contributed by atoms with Gasteiger partial charge in [-0.3, -0.25) is 0 Å². The van der Waals surface area contributed by atoms with E-state index in [9.17, 15) is 0 Å². The van der Waals surface area contributed by atoms with Crippen molar-refractivity contribution in [2.24, 2.45) is 0 Å². The SMILES string of the molecule is O=[N+]([O-])O.O[C@@H]1CO[C@H]2[C@@H]1OC[C@@H]2O.O[C@@H]1CO[C@H]2[C@@H]1OC[C@@H]2O. The number of fused-ring (bicyclic) bond motifs is 2. The standard InChI is InChI=1S/2C6H10O4.HNO3/c2*7-3-1-9-6-4(8)2-10-5(3)6;2-1(3)4/h2*3-8H,1-2H2;(H,2,3,4)/t2*3-,4+,5-,6-;/m11./s1.